The number of carbonyl (C=O) groups excluding carboxylic acids is 2. The molecule has 5 aromatic rings. The molecule has 2 heterocycles. The van der Waals surface area contributed by atoms with Crippen molar-refractivity contribution in [3.05, 3.63) is 129 Å². The predicted molar refractivity (Wildman–Crippen MR) is 161 cm³/mol. The zero-order chi connectivity index (χ0) is 29.5. The first kappa shape index (κ1) is 25.1. The van der Waals surface area contributed by atoms with Gasteiger partial charge in [-0.15, -0.1) is 0 Å². The average Bonchev–Trinajstić information content (AvgIpc) is 3.55. The Morgan fingerprint density at radius 1 is 0.953 bits per heavy atom. The van der Waals surface area contributed by atoms with E-state index in [1.54, 1.807) is 19.2 Å². The van der Waals surface area contributed by atoms with Crippen LogP contribution >= 0.6 is 0 Å². The fourth-order valence-corrected chi connectivity index (χ4v) is 7.46. The van der Waals surface area contributed by atoms with Crippen molar-refractivity contribution in [1.82, 2.24) is 9.97 Å². The molecule has 4 aromatic carbocycles. The van der Waals surface area contributed by atoms with Crippen molar-refractivity contribution < 1.29 is 14.5 Å². The number of amides is 2. The molecule has 3 aliphatic carbocycles. The standard InChI is InChI=1S/C33H24N6O4/c1-18-14-15-25(26(16-18)39(42)43)38-30(40)28-27-19-8-2-4-10-21(19)33(29(28)31(38)41,22-11-5-3-9-20(22)27)17-34-37-32-35-23-12-6-7-13-24(23)36-32/h2-17,27-29H,1H3,(H2,35,36,37)/b34-17-/t27?,28-,29+,33?/m0/s1. The number of nitrogens with one attached hydrogen (secondary N) is 2. The van der Waals surface area contributed by atoms with Gasteiger partial charge in [0.15, 0.2) is 0 Å². The molecular weight excluding hydrogens is 544 g/mol. The molecule has 0 saturated carbocycles. The molecule has 10 heteroatoms. The Labute approximate surface area is 245 Å². The van der Waals surface area contributed by atoms with E-state index in [0.29, 0.717) is 11.5 Å². The van der Waals surface area contributed by atoms with E-state index in [9.17, 15) is 19.7 Å². The fraction of sp³-hybridized carbons (Fsp3) is 0.152. The maximum Gasteiger partial charge on any atom is 0.293 e. The predicted octanol–water partition coefficient (Wildman–Crippen LogP) is 5.43. The molecule has 0 unspecified atom stereocenters. The van der Waals surface area contributed by atoms with E-state index in [1.807, 2.05) is 72.8 Å². The quantitative estimate of drug-likeness (QED) is 0.126. The summed E-state index contributed by atoms with van der Waals surface area (Å²) in [6.07, 6.45) is 1.71. The summed E-state index contributed by atoms with van der Waals surface area (Å²) < 4.78 is 0. The number of aromatic nitrogens is 2. The number of nitro benzene ring substituents is 1. The monoisotopic (exact) mass is 568 g/mol. The Balaban J connectivity index is 1.32. The number of aryl methyl sites for hydroxylation is 1. The van der Waals surface area contributed by atoms with Crippen molar-refractivity contribution in [3.8, 4) is 0 Å². The highest BCUT2D eigenvalue weighted by Gasteiger charge is 2.68. The van der Waals surface area contributed by atoms with E-state index < -0.39 is 34.0 Å². The van der Waals surface area contributed by atoms with Gasteiger partial charge in [0.1, 0.15) is 5.69 Å². The number of fused-ring (bicyclic) bond motifs is 1. The lowest BCUT2D eigenvalue weighted by atomic mass is 9.47. The van der Waals surface area contributed by atoms with Crippen LogP contribution in [0.15, 0.2) is 96.1 Å². The van der Waals surface area contributed by atoms with Gasteiger partial charge < -0.3 is 4.98 Å². The van der Waals surface area contributed by atoms with Crippen LogP contribution in [0.5, 0.6) is 0 Å². The van der Waals surface area contributed by atoms with E-state index in [1.165, 1.54) is 12.1 Å². The smallest absolute Gasteiger partial charge is 0.293 e. The number of para-hydroxylation sites is 2. The summed E-state index contributed by atoms with van der Waals surface area (Å²) in [6.45, 7) is 1.73. The van der Waals surface area contributed by atoms with Gasteiger partial charge in [0.25, 0.3) is 5.69 Å². The first-order valence-electron chi connectivity index (χ1n) is 14.0. The SMILES string of the molecule is Cc1ccc(N2C(=O)[C@H]3C4c5ccccc5C(/C=N\Nc5nc6ccccc6[nH]5)(c5ccccc54)[C@H]3C2=O)c([N+](=O)[O-])c1. The molecule has 210 valence electrons. The third kappa shape index (κ3) is 3.34. The lowest BCUT2D eigenvalue weighted by Crippen LogP contribution is -2.54. The molecule has 43 heavy (non-hydrogen) atoms. The number of aromatic amines is 1. The number of imidazole rings is 1. The van der Waals surface area contributed by atoms with Crippen LogP contribution in [-0.4, -0.2) is 32.9 Å². The lowest BCUT2D eigenvalue weighted by molar-refractivity contribution is -0.384. The van der Waals surface area contributed by atoms with Crippen molar-refractivity contribution in [2.24, 2.45) is 16.9 Å². The molecule has 0 radical (unpaired) electrons. The van der Waals surface area contributed by atoms with Crippen molar-refractivity contribution in [2.45, 2.75) is 18.3 Å². The topological polar surface area (TPSA) is 134 Å². The zero-order valence-corrected chi connectivity index (χ0v) is 22.9. The number of nitrogens with zero attached hydrogens (tertiary/aromatic N) is 4. The van der Waals surface area contributed by atoms with Crippen LogP contribution in [0, 0.1) is 28.9 Å². The summed E-state index contributed by atoms with van der Waals surface area (Å²) in [5, 5.41) is 16.7. The summed E-state index contributed by atoms with van der Waals surface area (Å²) in [5.41, 5.74) is 7.53. The highest BCUT2D eigenvalue weighted by atomic mass is 16.6. The molecule has 2 atom stereocenters. The van der Waals surface area contributed by atoms with E-state index in [2.05, 4.69) is 20.5 Å². The van der Waals surface area contributed by atoms with Crippen molar-refractivity contribution in [1.29, 1.82) is 0 Å². The third-order valence-corrected chi connectivity index (χ3v) is 9.08. The van der Waals surface area contributed by atoms with Gasteiger partial charge in [-0.25, -0.2) is 15.3 Å². The molecule has 1 aromatic heterocycles. The number of benzene rings is 4. The van der Waals surface area contributed by atoms with Gasteiger partial charge in [-0.2, -0.15) is 5.10 Å². The van der Waals surface area contributed by atoms with Gasteiger partial charge in [-0.05, 0) is 52.9 Å². The molecule has 9 rings (SSSR count). The molecule has 2 bridgehead atoms. The Morgan fingerprint density at radius 3 is 2.33 bits per heavy atom. The van der Waals surface area contributed by atoms with E-state index in [4.69, 9.17) is 0 Å². The van der Waals surface area contributed by atoms with E-state index >= 15 is 0 Å². The number of H-pyrrole nitrogens is 1. The molecular formula is C33H24N6O4. The van der Waals surface area contributed by atoms with E-state index in [-0.39, 0.29) is 17.3 Å². The van der Waals surface area contributed by atoms with Crippen molar-refractivity contribution in [3.63, 3.8) is 0 Å². The number of rotatable bonds is 5. The second-order valence-corrected chi connectivity index (χ2v) is 11.3. The van der Waals surface area contributed by atoms with E-state index in [0.717, 1.165) is 38.2 Å². The van der Waals surface area contributed by atoms with Crippen molar-refractivity contribution in [2.75, 3.05) is 10.3 Å². The molecule has 10 nitrogen and oxygen atoms in total. The van der Waals surface area contributed by atoms with Gasteiger partial charge in [0, 0.05) is 18.2 Å². The fourth-order valence-electron chi connectivity index (χ4n) is 7.46. The first-order valence-corrected chi connectivity index (χ1v) is 14.0. The van der Waals surface area contributed by atoms with Gasteiger partial charge in [-0.3, -0.25) is 19.7 Å². The van der Waals surface area contributed by atoms with Crippen LogP contribution in [0.1, 0.15) is 33.7 Å². The molecule has 2 N–H and O–H groups in total. The lowest BCUT2D eigenvalue weighted by Gasteiger charge is -2.52. The van der Waals surface area contributed by atoms with Gasteiger partial charge in [0.2, 0.25) is 17.8 Å². The molecule has 0 spiro atoms. The normalized spacial score (nSPS) is 23.5. The summed E-state index contributed by atoms with van der Waals surface area (Å²) >= 11 is 0. The first-order chi connectivity index (χ1) is 20.9. The number of hydrazone groups is 1. The summed E-state index contributed by atoms with van der Waals surface area (Å²) in [6, 6.07) is 27.8. The second kappa shape index (κ2) is 8.93. The number of hydrogen-bond acceptors (Lipinski definition) is 7. The Kier molecular flexibility index (Phi) is 5.21. The van der Waals surface area contributed by atoms with Crippen LogP contribution in [0.4, 0.5) is 17.3 Å². The van der Waals surface area contributed by atoms with Gasteiger partial charge in [0.05, 0.1) is 33.2 Å². The Bertz CT molecular complexity index is 1970. The Morgan fingerprint density at radius 2 is 1.63 bits per heavy atom. The van der Waals surface area contributed by atoms with Crippen LogP contribution in [0.3, 0.4) is 0 Å². The molecule has 2 amide bonds. The number of anilines is 2. The highest BCUT2D eigenvalue weighted by molar-refractivity contribution is 6.25. The second-order valence-electron chi connectivity index (χ2n) is 11.3. The molecule has 4 aliphatic rings. The molecule has 1 aliphatic heterocycles. The number of carbonyl (C=O) groups is 2. The molecule has 1 saturated heterocycles. The number of hydrogen-bond donors (Lipinski definition) is 2. The minimum atomic E-state index is -1.12. The van der Waals surface area contributed by atoms with Gasteiger partial charge in [-0.1, -0.05) is 66.7 Å². The van der Waals surface area contributed by atoms with Crippen LogP contribution < -0.4 is 10.3 Å². The van der Waals surface area contributed by atoms with Crippen LogP contribution in [0.2, 0.25) is 0 Å². The Hall–Kier alpha value is -5.64. The summed E-state index contributed by atoms with van der Waals surface area (Å²) in [4.78, 5) is 49.2. The van der Waals surface area contributed by atoms with Crippen LogP contribution in [0.25, 0.3) is 11.0 Å². The maximum atomic E-state index is 14.6. The van der Waals surface area contributed by atoms with Crippen molar-refractivity contribution >= 4 is 46.4 Å². The maximum absolute atomic E-state index is 14.6. The minimum Gasteiger partial charge on any atom is -0.323 e. The highest BCUT2D eigenvalue weighted by Crippen LogP contribution is 2.64. The minimum absolute atomic E-state index is 0.0139. The largest absolute Gasteiger partial charge is 0.323 e. The molecule has 1 fully saturated rings. The third-order valence-electron chi connectivity index (χ3n) is 9.08. The number of nitro groups is 1. The zero-order valence-electron chi connectivity index (χ0n) is 22.9. The van der Waals surface area contributed by atoms with Gasteiger partial charge >= 0.3 is 0 Å². The van der Waals surface area contributed by atoms with Crippen LogP contribution in [-0.2, 0) is 15.0 Å². The summed E-state index contributed by atoms with van der Waals surface area (Å²) in [7, 11) is 0. The number of imide groups is 1. The average molecular weight is 569 g/mol. The summed E-state index contributed by atoms with van der Waals surface area (Å²) in [5.74, 6) is -2.51.